The molecule has 0 aliphatic rings. The van der Waals surface area contributed by atoms with E-state index in [9.17, 15) is 9.59 Å². The van der Waals surface area contributed by atoms with Crippen LogP contribution in [-0.4, -0.2) is 32.1 Å². The Morgan fingerprint density at radius 2 is 1.79 bits per heavy atom. The lowest BCUT2D eigenvalue weighted by Crippen LogP contribution is -2.03. The molecule has 2 N–H and O–H groups in total. The fourth-order valence-corrected chi connectivity index (χ4v) is 0.702. The van der Waals surface area contributed by atoms with Gasteiger partial charge >= 0.3 is 11.9 Å². The second kappa shape index (κ2) is 4.13. The van der Waals surface area contributed by atoms with E-state index in [0.717, 1.165) is 6.08 Å². The van der Waals surface area contributed by atoms with E-state index in [4.69, 9.17) is 10.2 Å². The van der Waals surface area contributed by atoms with Crippen LogP contribution in [0.2, 0.25) is 0 Å². The maximum Gasteiger partial charge on any atom is 0.373 e. The molecule has 1 heterocycles. The first-order valence-corrected chi connectivity index (χ1v) is 3.56. The Morgan fingerprint density at radius 1 is 1.21 bits per heavy atom. The number of nitrogens with zero attached hydrogens (tertiary/aromatic N) is 2. The van der Waals surface area contributed by atoms with Crippen molar-refractivity contribution in [3.05, 3.63) is 29.9 Å². The lowest BCUT2D eigenvalue weighted by Gasteiger charge is -1.92. The van der Waals surface area contributed by atoms with Crippen molar-refractivity contribution < 1.29 is 19.8 Å². The van der Waals surface area contributed by atoms with Crippen LogP contribution in [0.3, 0.4) is 0 Å². The highest BCUT2D eigenvalue weighted by molar-refractivity contribution is 5.85. The molecule has 1 aromatic rings. The standard InChI is InChI=1S/C8H6N2O4/c11-6(12)2-1-5-3-9-7(8(13)14)10-4-5/h1-4H,(H,11,12)(H,13,14). The minimum atomic E-state index is -1.22. The number of carboxylic acids is 2. The molecule has 1 aromatic heterocycles. The quantitative estimate of drug-likeness (QED) is 0.670. The van der Waals surface area contributed by atoms with Crippen LogP contribution < -0.4 is 0 Å². The smallest absolute Gasteiger partial charge is 0.373 e. The molecule has 0 unspecified atom stereocenters. The van der Waals surface area contributed by atoms with E-state index in [0.29, 0.717) is 5.56 Å². The Kier molecular flexibility index (Phi) is 2.90. The zero-order valence-electron chi connectivity index (χ0n) is 6.91. The van der Waals surface area contributed by atoms with Crippen LogP contribution in [-0.2, 0) is 4.79 Å². The molecule has 1 rings (SSSR count). The Hall–Kier alpha value is -2.24. The Morgan fingerprint density at radius 3 is 2.21 bits per heavy atom. The summed E-state index contributed by atoms with van der Waals surface area (Å²) < 4.78 is 0. The monoisotopic (exact) mass is 194 g/mol. The van der Waals surface area contributed by atoms with Gasteiger partial charge in [0.1, 0.15) is 0 Å². The average Bonchev–Trinajstić information content (AvgIpc) is 2.15. The van der Waals surface area contributed by atoms with Gasteiger partial charge in [0.25, 0.3) is 0 Å². The molecule has 6 heteroatoms. The summed E-state index contributed by atoms with van der Waals surface area (Å²) in [5.41, 5.74) is 0.428. The van der Waals surface area contributed by atoms with E-state index in [1.807, 2.05) is 0 Å². The van der Waals surface area contributed by atoms with Crippen LogP contribution >= 0.6 is 0 Å². The minimum Gasteiger partial charge on any atom is -0.478 e. The van der Waals surface area contributed by atoms with Crippen LogP contribution in [0.15, 0.2) is 18.5 Å². The Balaban J connectivity index is 2.83. The summed E-state index contributed by atoms with van der Waals surface area (Å²) in [4.78, 5) is 27.5. The van der Waals surface area contributed by atoms with E-state index in [1.54, 1.807) is 0 Å². The molecule has 0 aromatic carbocycles. The van der Waals surface area contributed by atoms with Gasteiger partial charge in [0, 0.05) is 24.0 Å². The van der Waals surface area contributed by atoms with Gasteiger partial charge in [0.05, 0.1) is 0 Å². The maximum absolute atomic E-state index is 10.3. The molecule has 0 atom stereocenters. The minimum absolute atomic E-state index is 0.322. The van der Waals surface area contributed by atoms with E-state index in [1.165, 1.54) is 18.5 Å². The van der Waals surface area contributed by atoms with Gasteiger partial charge in [-0.1, -0.05) is 0 Å². The van der Waals surface area contributed by atoms with Gasteiger partial charge in [0.2, 0.25) is 5.82 Å². The van der Waals surface area contributed by atoms with Crippen molar-refractivity contribution in [2.24, 2.45) is 0 Å². The molecule has 0 spiro atoms. The number of hydrogen-bond acceptors (Lipinski definition) is 4. The van der Waals surface area contributed by atoms with Gasteiger partial charge in [0.15, 0.2) is 0 Å². The van der Waals surface area contributed by atoms with Gasteiger partial charge < -0.3 is 10.2 Å². The van der Waals surface area contributed by atoms with Crippen molar-refractivity contribution in [3.8, 4) is 0 Å². The number of hydrogen-bond donors (Lipinski definition) is 2. The number of carbonyl (C=O) groups is 2. The van der Waals surface area contributed by atoms with E-state index in [-0.39, 0.29) is 5.82 Å². The third kappa shape index (κ3) is 2.67. The summed E-state index contributed by atoms with van der Waals surface area (Å²) in [6.45, 7) is 0. The van der Waals surface area contributed by atoms with Crippen LogP contribution in [0.1, 0.15) is 16.2 Å². The van der Waals surface area contributed by atoms with Gasteiger partial charge in [-0.05, 0) is 6.08 Å². The lowest BCUT2D eigenvalue weighted by atomic mass is 10.3. The summed E-state index contributed by atoms with van der Waals surface area (Å²) in [5, 5.41) is 16.8. The van der Waals surface area contributed by atoms with E-state index in [2.05, 4.69) is 9.97 Å². The number of rotatable bonds is 3. The summed E-state index contributed by atoms with van der Waals surface area (Å²) in [6, 6.07) is 0. The van der Waals surface area contributed by atoms with Crippen LogP contribution in [0, 0.1) is 0 Å². The molecule has 6 nitrogen and oxygen atoms in total. The van der Waals surface area contributed by atoms with Gasteiger partial charge in [-0.15, -0.1) is 0 Å². The summed E-state index contributed by atoms with van der Waals surface area (Å²) >= 11 is 0. The summed E-state index contributed by atoms with van der Waals surface area (Å²) in [5.74, 6) is -2.64. The average molecular weight is 194 g/mol. The van der Waals surface area contributed by atoms with Gasteiger partial charge in [-0.25, -0.2) is 19.6 Å². The zero-order valence-corrected chi connectivity index (χ0v) is 6.91. The predicted molar refractivity (Wildman–Crippen MR) is 45.7 cm³/mol. The molecular formula is C8H6N2O4. The second-order valence-corrected chi connectivity index (χ2v) is 2.32. The summed E-state index contributed by atoms with van der Waals surface area (Å²) in [7, 11) is 0. The van der Waals surface area contributed by atoms with Crippen molar-refractivity contribution in [3.63, 3.8) is 0 Å². The van der Waals surface area contributed by atoms with Crippen molar-refractivity contribution >= 4 is 18.0 Å². The van der Waals surface area contributed by atoms with E-state index >= 15 is 0 Å². The molecule has 72 valence electrons. The van der Waals surface area contributed by atoms with Crippen LogP contribution in [0.25, 0.3) is 6.08 Å². The number of carboxylic acid groups (broad SMARTS) is 2. The van der Waals surface area contributed by atoms with Crippen molar-refractivity contribution in [2.45, 2.75) is 0 Å². The highest BCUT2D eigenvalue weighted by Gasteiger charge is 2.04. The fraction of sp³-hybridized carbons (Fsp3) is 0. The van der Waals surface area contributed by atoms with Crippen LogP contribution in [0.4, 0.5) is 0 Å². The lowest BCUT2D eigenvalue weighted by molar-refractivity contribution is -0.131. The summed E-state index contributed by atoms with van der Waals surface area (Å²) in [6.07, 6.45) is 4.65. The first-order valence-electron chi connectivity index (χ1n) is 3.56. The molecule has 0 aliphatic carbocycles. The van der Waals surface area contributed by atoms with Crippen LogP contribution in [0.5, 0.6) is 0 Å². The van der Waals surface area contributed by atoms with Gasteiger partial charge in [-0.2, -0.15) is 0 Å². The molecule has 0 saturated carbocycles. The van der Waals surface area contributed by atoms with E-state index < -0.39 is 11.9 Å². The van der Waals surface area contributed by atoms with Gasteiger partial charge in [-0.3, -0.25) is 0 Å². The maximum atomic E-state index is 10.3. The first kappa shape index (κ1) is 9.85. The number of aliphatic carboxylic acids is 1. The highest BCUT2D eigenvalue weighted by Crippen LogP contribution is 1.98. The third-order valence-corrected chi connectivity index (χ3v) is 1.28. The predicted octanol–water partition coefficient (Wildman–Crippen LogP) is 0.273. The molecule has 0 fully saturated rings. The zero-order chi connectivity index (χ0) is 10.6. The number of aromatic nitrogens is 2. The molecule has 0 radical (unpaired) electrons. The highest BCUT2D eigenvalue weighted by atomic mass is 16.4. The molecule has 0 bridgehead atoms. The largest absolute Gasteiger partial charge is 0.478 e. The fourth-order valence-electron chi connectivity index (χ4n) is 0.702. The number of aromatic carboxylic acids is 1. The van der Waals surface area contributed by atoms with Crippen molar-refractivity contribution in [2.75, 3.05) is 0 Å². The van der Waals surface area contributed by atoms with Crippen molar-refractivity contribution in [1.82, 2.24) is 9.97 Å². The first-order chi connectivity index (χ1) is 6.59. The van der Waals surface area contributed by atoms with Crippen molar-refractivity contribution in [1.29, 1.82) is 0 Å². The second-order valence-electron chi connectivity index (χ2n) is 2.32. The normalized spacial score (nSPS) is 10.3. The molecule has 14 heavy (non-hydrogen) atoms. The Bertz CT molecular complexity index is 383. The SMILES string of the molecule is O=C(O)C=Cc1cnc(C(=O)O)nc1. The topological polar surface area (TPSA) is 100 Å². The molecular weight excluding hydrogens is 188 g/mol. The Labute approximate surface area is 78.6 Å². The molecule has 0 amide bonds. The molecule has 0 aliphatic heterocycles. The third-order valence-electron chi connectivity index (χ3n) is 1.28. The molecule has 0 saturated heterocycles.